The minimum Gasteiger partial charge on any atom is -0.437 e. The Hall–Kier alpha value is -2.66. The van der Waals surface area contributed by atoms with Crippen LogP contribution in [0.3, 0.4) is 0 Å². The van der Waals surface area contributed by atoms with Crippen LogP contribution in [0, 0.1) is 17.7 Å². The van der Waals surface area contributed by atoms with Crippen LogP contribution in [0.2, 0.25) is 5.02 Å². The van der Waals surface area contributed by atoms with Crippen molar-refractivity contribution in [1.82, 2.24) is 0 Å². The lowest BCUT2D eigenvalue weighted by Gasteiger charge is -2.26. The SMILES string of the molecule is CCc1ccc(-c2ccc(Cl)cc2F)cc1C1=C(OC(=O)OC)[C@@H]2CC[C@@H](C2)C1=O. The molecule has 0 N–H and O–H groups in total. The summed E-state index contributed by atoms with van der Waals surface area (Å²) in [5, 5.41) is 0.317. The Bertz CT molecular complexity index is 1060. The average Bonchev–Trinajstić information content (AvgIpc) is 3.18. The van der Waals surface area contributed by atoms with Crippen molar-refractivity contribution in [2.24, 2.45) is 11.8 Å². The second kappa shape index (κ2) is 8.23. The lowest BCUT2D eigenvalue weighted by atomic mass is 9.81. The van der Waals surface area contributed by atoms with Gasteiger partial charge in [0.2, 0.25) is 0 Å². The first kappa shape index (κ1) is 20.6. The van der Waals surface area contributed by atoms with Crippen LogP contribution in [-0.2, 0) is 20.7 Å². The van der Waals surface area contributed by atoms with Gasteiger partial charge in [-0.05, 0) is 66.6 Å². The van der Waals surface area contributed by atoms with Gasteiger partial charge < -0.3 is 9.47 Å². The molecule has 1 fully saturated rings. The monoisotopic (exact) mass is 428 g/mol. The van der Waals surface area contributed by atoms with Gasteiger partial charge in [-0.25, -0.2) is 9.18 Å². The van der Waals surface area contributed by atoms with Gasteiger partial charge in [0.15, 0.2) is 5.78 Å². The van der Waals surface area contributed by atoms with Crippen molar-refractivity contribution >= 4 is 29.1 Å². The molecule has 156 valence electrons. The summed E-state index contributed by atoms with van der Waals surface area (Å²) in [5.74, 6) is -0.152. The number of carbonyl (C=O) groups is 2. The summed E-state index contributed by atoms with van der Waals surface area (Å²) < 4.78 is 24.7. The molecule has 0 aliphatic heterocycles. The molecular weight excluding hydrogens is 407 g/mol. The Kier molecular flexibility index (Phi) is 5.65. The Balaban J connectivity index is 1.90. The summed E-state index contributed by atoms with van der Waals surface area (Å²) in [5.41, 5.74) is 3.07. The predicted molar refractivity (Wildman–Crippen MR) is 112 cm³/mol. The fourth-order valence-corrected chi connectivity index (χ4v) is 4.69. The van der Waals surface area contributed by atoms with Gasteiger partial charge in [0.25, 0.3) is 0 Å². The number of aryl methyl sites for hydroxylation is 1. The molecule has 1 saturated carbocycles. The predicted octanol–water partition coefficient (Wildman–Crippen LogP) is 6.20. The number of carbonyl (C=O) groups excluding carboxylic acids is 2. The van der Waals surface area contributed by atoms with E-state index in [0.29, 0.717) is 45.9 Å². The summed E-state index contributed by atoms with van der Waals surface area (Å²) in [6.07, 6.45) is 2.09. The highest BCUT2D eigenvalue weighted by atomic mass is 35.5. The maximum Gasteiger partial charge on any atom is 0.513 e. The molecule has 0 spiro atoms. The average molecular weight is 429 g/mol. The summed E-state index contributed by atoms with van der Waals surface area (Å²) in [7, 11) is 1.24. The third-order valence-corrected chi connectivity index (χ3v) is 6.26. The maximum atomic E-state index is 14.5. The third kappa shape index (κ3) is 3.63. The highest BCUT2D eigenvalue weighted by molar-refractivity contribution is 6.30. The first-order chi connectivity index (χ1) is 14.4. The summed E-state index contributed by atoms with van der Waals surface area (Å²) in [4.78, 5) is 25.2. The van der Waals surface area contributed by atoms with Crippen molar-refractivity contribution in [2.75, 3.05) is 7.11 Å². The number of Topliss-reactive ketones (excluding diaryl/α,β-unsaturated/α-hetero) is 1. The lowest BCUT2D eigenvalue weighted by Crippen LogP contribution is -2.24. The summed E-state index contributed by atoms with van der Waals surface area (Å²) in [6.45, 7) is 1.99. The highest BCUT2D eigenvalue weighted by Gasteiger charge is 2.43. The number of ether oxygens (including phenoxy) is 2. The Morgan fingerprint density at radius 2 is 1.90 bits per heavy atom. The van der Waals surface area contributed by atoms with E-state index in [9.17, 15) is 14.0 Å². The minimum absolute atomic E-state index is 0.00225. The van der Waals surface area contributed by atoms with Gasteiger partial charge in [-0.1, -0.05) is 30.7 Å². The van der Waals surface area contributed by atoms with Crippen molar-refractivity contribution in [3.63, 3.8) is 0 Å². The van der Waals surface area contributed by atoms with Crippen LogP contribution in [0.5, 0.6) is 0 Å². The molecule has 0 unspecified atom stereocenters. The molecule has 0 radical (unpaired) electrons. The topological polar surface area (TPSA) is 52.6 Å². The Morgan fingerprint density at radius 1 is 1.13 bits per heavy atom. The van der Waals surface area contributed by atoms with Gasteiger partial charge >= 0.3 is 6.16 Å². The van der Waals surface area contributed by atoms with Crippen molar-refractivity contribution < 1.29 is 23.5 Å². The first-order valence-electron chi connectivity index (χ1n) is 10.1. The molecule has 30 heavy (non-hydrogen) atoms. The van der Waals surface area contributed by atoms with E-state index >= 15 is 0 Å². The van der Waals surface area contributed by atoms with Crippen molar-refractivity contribution in [3.05, 3.63) is 64.1 Å². The quantitative estimate of drug-likeness (QED) is 0.544. The number of methoxy groups -OCH3 is 1. The van der Waals surface area contributed by atoms with E-state index in [4.69, 9.17) is 16.3 Å². The van der Waals surface area contributed by atoms with Gasteiger partial charge in [0, 0.05) is 22.4 Å². The van der Waals surface area contributed by atoms with Crippen LogP contribution in [0.15, 0.2) is 42.2 Å². The largest absolute Gasteiger partial charge is 0.513 e. The van der Waals surface area contributed by atoms with Crippen LogP contribution in [0.25, 0.3) is 16.7 Å². The van der Waals surface area contributed by atoms with E-state index in [2.05, 4.69) is 4.74 Å². The van der Waals surface area contributed by atoms with E-state index in [1.165, 1.54) is 13.2 Å². The number of hydrogen-bond donors (Lipinski definition) is 0. The van der Waals surface area contributed by atoms with Crippen LogP contribution in [0.4, 0.5) is 9.18 Å². The third-order valence-electron chi connectivity index (χ3n) is 6.03. The zero-order chi connectivity index (χ0) is 21.4. The second-order valence-corrected chi connectivity index (χ2v) is 8.15. The number of fused-ring (bicyclic) bond motifs is 2. The fraction of sp³-hybridized carbons (Fsp3) is 0.333. The van der Waals surface area contributed by atoms with Crippen molar-refractivity contribution in [2.45, 2.75) is 32.6 Å². The van der Waals surface area contributed by atoms with Gasteiger partial charge in [-0.2, -0.15) is 0 Å². The smallest absolute Gasteiger partial charge is 0.437 e. The van der Waals surface area contributed by atoms with E-state index in [0.717, 1.165) is 18.4 Å². The molecule has 2 atom stereocenters. The van der Waals surface area contributed by atoms with E-state index < -0.39 is 12.0 Å². The first-order valence-corrected chi connectivity index (χ1v) is 10.4. The maximum absolute atomic E-state index is 14.5. The van der Waals surface area contributed by atoms with Crippen LogP contribution in [-0.4, -0.2) is 19.0 Å². The molecule has 4 rings (SSSR count). The van der Waals surface area contributed by atoms with Crippen molar-refractivity contribution in [1.29, 1.82) is 0 Å². The van der Waals surface area contributed by atoms with E-state index in [-0.39, 0.29) is 17.6 Å². The molecule has 0 amide bonds. The number of rotatable bonds is 4. The normalized spacial score (nSPS) is 20.5. The van der Waals surface area contributed by atoms with Crippen LogP contribution < -0.4 is 0 Å². The second-order valence-electron chi connectivity index (χ2n) is 7.72. The molecule has 4 nitrogen and oxygen atoms in total. The summed E-state index contributed by atoms with van der Waals surface area (Å²) in [6, 6.07) is 10.0. The molecule has 0 aromatic heterocycles. The molecule has 2 aromatic rings. The van der Waals surface area contributed by atoms with Gasteiger partial charge in [-0.15, -0.1) is 0 Å². The zero-order valence-corrected chi connectivity index (χ0v) is 17.6. The molecular formula is C24H22ClFO4. The molecule has 0 saturated heterocycles. The van der Waals surface area contributed by atoms with Gasteiger partial charge in [0.05, 0.1) is 12.7 Å². The molecule has 6 heteroatoms. The lowest BCUT2D eigenvalue weighted by molar-refractivity contribution is -0.117. The number of benzene rings is 2. The van der Waals surface area contributed by atoms with Gasteiger partial charge in [0.1, 0.15) is 11.6 Å². The number of allylic oxidation sites excluding steroid dienone is 2. The molecule has 0 heterocycles. The number of halogens is 2. The van der Waals surface area contributed by atoms with Crippen LogP contribution in [0.1, 0.15) is 37.3 Å². The number of hydrogen-bond acceptors (Lipinski definition) is 4. The highest BCUT2D eigenvalue weighted by Crippen LogP contribution is 2.47. The van der Waals surface area contributed by atoms with E-state index in [1.54, 1.807) is 12.1 Å². The standard InChI is InChI=1S/C24H22ClFO4/c1-3-13-4-5-14(18-9-8-17(25)12-20(18)26)11-19(13)21-22(27)15-6-7-16(10-15)23(21)30-24(28)29-2/h4-5,8-9,11-12,15-16H,3,6-7,10H2,1-2H3/t15-,16+/m0/s1. The summed E-state index contributed by atoms with van der Waals surface area (Å²) >= 11 is 5.89. The molecule has 2 aliphatic rings. The number of ketones is 1. The molecule has 2 bridgehead atoms. The minimum atomic E-state index is -0.835. The molecule has 2 aromatic carbocycles. The Labute approximate surface area is 179 Å². The van der Waals surface area contributed by atoms with Crippen LogP contribution >= 0.6 is 11.6 Å². The van der Waals surface area contributed by atoms with E-state index in [1.807, 2.05) is 25.1 Å². The fourth-order valence-electron chi connectivity index (χ4n) is 4.53. The molecule has 2 aliphatic carbocycles. The Morgan fingerprint density at radius 3 is 2.60 bits per heavy atom. The zero-order valence-electron chi connectivity index (χ0n) is 16.8. The van der Waals surface area contributed by atoms with Gasteiger partial charge in [-0.3, -0.25) is 4.79 Å². The van der Waals surface area contributed by atoms with Crippen molar-refractivity contribution in [3.8, 4) is 11.1 Å².